The average Bonchev–Trinajstić information content (AvgIpc) is 2.96. The van der Waals surface area contributed by atoms with Crippen molar-refractivity contribution in [1.82, 2.24) is 10.3 Å². The van der Waals surface area contributed by atoms with E-state index in [1.165, 1.54) is 11.3 Å². The molecule has 0 bridgehead atoms. The van der Waals surface area contributed by atoms with E-state index in [0.717, 1.165) is 11.3 Å². The standard InChI is InChI=1S/C20H27N3O2S/c1-12(2)16(18(25)23-19-21-13(3)11-26-19)22-17(24)14-7-9-15(10-8-14)20(4,5)6/h7-12,16H,1-6H3,(H,22,24)(H,21,23,25)/t16-/m1/s1. The molecule has 0 aliphatic rings. The van der Waals surface area contributed by atoms with E-state index in [2.05, 4.69) is 36.4 Å². The highest BCUT2D eigenvalue weighted by Crippen LogP contribution is 2.22. The number of amides is 2. The fraction of sp³-hybridized carbons (Fsp3) is 0.450. The molecule has 0 radical (unpaired) electrons. The Hall–Kier alpha value is -2.21. The lowest BCUT2D eigenvalue weighted by atomic mass is 9.86. The van der Waals surface area contributed by atoms with Crippen LogP contribution in [0.2, 0.25) is 0 Å². The van der Waals surface area contributed by atoms with Gasteiger partial charge in [0, 0.05) is 10.9 Å². The van der Waals surface area contributed by atoms with E-state index in [1.807, 2.05) is 38.3 Å². The quantitative estimate of drug-likeness (QED) is 0.827. The zero-order valence-electron chi connectivity index (χ0n) is 16.2. The van der Waals surface area contributed by atoms with Gasteiger partial charge in [-0.25, -0.2) is 4.98 Å². The van der Waals surface area contributed by atoms with Crippen LogP contribution in [0.1, 0.15) is 56.2 Å². The Kier molecular flexibility index (Phi) is 6.18. The van der Waals surface area contributed by atoms with Crippen LogP contribution in [0, 0.1) is 12.8 Å². The molecule has 2 N–H and O–H groups in total. The van der Waals surface area contributed by atoms with Gasteiger partial charge in [0.2, 0.25) is 5.91 Å². The fourth-order valence-electron chi connectivity index (χ4n) is 2.48. The molecule has 1 heterocycles. The van der Waals surface area contributed by atoms with Gasteiger partial charge < -0.3 is 10.6 Å². The summed E-state index contributed by atoms with van der Waals surface area (Å²) in [6, 6.07) is 6.88. The molecule has 6 heteroatoms. The Morgan fingerprint density at radius 1 is 1.12 bits per heavy atom. The number of carbonyl (C=O) groups is 2. The summed E-state index contributed by atoms with van der Waals surface area (Å²) in [6.07, 6.45) is 0. The van der Waals surface area contributed by atoms with Gasteiger partial charge in [-0.1, -0.05) is 46.8 Å². The molecular weight excluding hydrogens is 346 g/mol. The number of hydrogen-bond donors (Lipinski definition) is 2. The molecule has 0 aliphatic heterocycles. The van der Waals surface area contributed by atoms with Crippen molar-refractivity contribution in [3.8, 4) is 0 Å². The van der Waals surface area contributed by atoms with Crippen LogP contribution in [-0.2, 0) is 10.2 Å². The lowest BCUT2D eigenvalue weighted by Crippen LogP contribution is -2.47. The van der Waals surface area contributed by atoms with Crippen molar-refractivity contribution in [3.05, 3.63) is 46.5 Å². The number of anilines is 1. The van der Waals surface area contributed by atoms with Crippen molar-refractivity contribution in [1.29, 1.82) is 0 Å². The number of rotatable bonds is 5. The van der Waals surface area contributed by atoms with Crippen LogP contribution >= 0.6 is 11.3 Å². The third-order valence-corrected chi connectivity index (χ3v) is 4.97. The Labute approximate surface area is 159 Å². The predicted octanol–water partition coefficient (Wildman–Crippen LogP) is 4.14. The molecule has 1 aromatic carbocycles. The molecule has 1 atom stereocenters. The van der Waals surface area contributed by atoms with Gasteiger partial charge in [0.1, 0.15) is 6.04 Å². The van der Waals surface area contributed by atoms with E-state index >= 15 is 0 Å². The topological polar surface area (TPSA) is 71.1 Å². The van der Waals surface area contributed by atoms with Crippen LogP contribution in [0.3, 0.4) is 0 Å². The first kappa shape index (κ1) is 20.1. The van der Waals surface area contributed by atoms with Gasteiger partial charge in [-0.05, 0) is 36.0 Å². The maximum Gasteiger partial charge on any atom is 0.251 e. The summed E-state index contributed by atoms with van der Waals surface area (Å²) in [7, 11) is 0. The normalized spacial score (nSPS) is 12.7. The van der Waals surface area contributed by atoms with Crippen LogP contribution in [0.25, 0.3) is 0 Å². The molecule has 2 amide bonds. The third-order valence-electron chi connectivity index (χ3n) is 4.10. The largest absolute Gasteiger partial charge is 0.340 e. The van der Waals surface area contributed by atoms with Gasteiger partial charge >= 0.3 is 0 Å². The summed E-state index contributed by atoms with van der Waals surface area (Å²) in [6.45, 7) is 12.1. The number of nitrogens with one attached hydrogen (secondary N) is 2. The van der Waals surface area contributed by atoms with E-state index in [0.29, 0.717) is 10.7 Å². The van der Waals surface area contributed by atoms with E-state index in [4.69, 9.17) is 0 Å². The van der Waals surface area contributed by atoms with Gasteiger partial charge in [0.25, 0.3) is 5.91 Å². The molecule has 0 saturated carbocycles. The summed E-state index contributed by atoms with van der Waals surface area (Å²) in [4.78, 5) is 29.4. The molecule has 0 spiro atoms. The second-order valence-corrected chi connectivity index (χ2v) is 8.66. The summed E-state index contributed by atoms with van der Waals surface area (Å²) in [5, 5.41) is 8.04. The molecular formula is C20H27N3O2S. The Morgan fingerprint density at radius 3 is 2.19 bits per heavy atom. The molecule has 0 unspecified atom stereocenters. The lowest BCUT2D eigenvalue weighted by Gasteiger charge is -2.22. The highest BCUT2D eigenvalue weighted by molar-refractivity contribution is 7.13. The number of hydrogen-bond acceptors (Lipinski definition) is 4. The average molecular weight is 374 g/mol. The summed E-state index contributed by atoms with van der Waals surface area (Å²) in [5.41, 5.74) is 2.59. The zero-order valence-corrected chi connectivity index (χ0v) is 17.0. The monoisotopic (exact) mass is 373 g/mol. The molecule has 0 saturated heterocycles. The van der Waals surface area contributed by atoms with E-state index in [1.54, 1.807) is 12.1 Å². The first-order chi connectivity index (χ1) is 12.1. The van der Waals surface area contributed by atoms with Crippen molar-refractivity contribution in [2.24, 2.45) is 5.92 Å². The molecule has 140 valence electrons. The second-order valence-electron chi connectivity index (χ2n) is 7.81. The zero-order chi connectivity index (χ0) is 19.5. The lowest BCUT2D eigenvalue weighted by molar-refractivity contribution is -0.118. The summed E-state index contributed by atoms with van der Waals surface area (Å²) < 4.78 is 0. The number of aromatic nitrogens is 1. The molecule has 0 aliphatic carbocycles. The second kappa shape index (κ2) is 7.99. The Balaban J connectivity index is 2.08. The summed E-state index contributed by atoms with van der Waals surface area (Å²) in [5.74, 6) is -0.558. The third kappa shape index (κ3) is 5.14. The number of carbonyl (C=O) groups excluding carboxylic acids is 2. The Bertz CT molecular complexity index is 773. The number of nitrogens with zero attached hydrogens (tertiary/aromatic N) is 1. The number of benzene rings is 1. The first-order valence-corrected chi connectivity index (χ1v) is 9.60. The van der Waals surface area contributed by atoms with Gasteiger partial charge in [-0.3, -0.25) is 9.59 Å². The van der Waals surface area contributed by atoms with E-state index in [-0.39, 0.29) is 23.1 Å². The molecule has 26 heavy (non-hydrogen) atoms. The van der Waals surface area contributed by atoms with Crippen LogP contribution in [-0.4, -0.2) is 22.8 Å². The van der Waals surface area contributed by atoms with E-state index < -0.39 is 6.04 Å². The van der Waals surface area contributed by atoms with Crippen LogP contribution in [0.5, 0.6) is 0 Å². The van der Waals surface area contributed by atoms with Crippen molar-refractivity contribution >= 4 is 28.3 Å². The molecule has 5 nitrogen and oxygen atoms in total. The highest BCUT2D eigenvalue weighted by atomic mass is 32.1. The predicted molar refractivity (Wildman–Crippen MR) is 107 cm³/mol. The van der Waals surface area contributed by atoms with Crippen molar-refractivity contribution in [3.63, 3.8) is 0 Å². The van der Waals surface area contributed by atoms with Crippen LogP contribution < -0.4 is 10.6 Å². The van der Waals surface area contributed by atoms with Crippen molar-refractivity contribution in [2.75, 3.05) is 5.32 Å². The van der Waals surface area contributed by atoms with Crippen molar-refractivity contribution in [2.45, 2.75) is 53.0 Å². The van der Waals surface area contributed by atoms with Crippen LogP contribution in [0.4, 0.5) is 5.13 Å². The maximum absolute atomic E-state index is 12.6. The first-order valence-electron chi connectivity index (χ1n) is 8.72. The maximum atomic E-state index is 12.6. The molecule has 0 fully saturated rings. The van der Waals surface area contributed by atoms with Gasteiger partial charge in [0.05, 0.1) is 5.69 Å². The number of thiazole rings is 1. The molecule has 1 aromatic heterocycles. The Morgan fingerprint density at radius 2 is 1.73 bits per heavy atom. The molecule has 2 rings (SSSR count). The minimum absolute atomic E-state index is 0.0290. The fourth-order valence-corrected chi connectivity index (χ4v) is 3.17. The van der Waals surface area contributed by atoms with Crippen LogP contribution in [0.15, 0.2) is 29.6 Å². The SMILES string of the molecule is Cc1csc(NC(=O)[C@H](NC(=O)c2ccc(C(C)(C)C)cc2)C(C)C)n1. The minimum Gasteiger partial charge on any atom is -0.340 e. The van der Waals surface area contributed by atoms with Gasteiger partial charge in [-0.15, -0.1) is 11.3 Å². The molecule has 2 aromatic rings. The smallest absolute Gasteiger partial charge is 0.251 e. The van der Waals surface area contributed by atoms with E-state index in [9.17, 15) is 9.59 Å². The van der Waals surface area contributed by atoms with Crippen molar-refractivity contribution < 1.29 is 9.59 Å². The summed E-state index contributed by atoms with van der Waals surface area (Å²) >= 11 is 1.37. The number of aryl methyl sites for hydroxylation is 1. The van der Waals surface area contributed by atoms with Gasteiger partial charge in [-0.2, -0.15) is 0 Å². The van der Waals surface area contributed by atoms with Gasteiger partial charge in [0.15, 0.2) is 5.13 Å². The minimum atomic E-state index is -0.631. The highest BCUT2D eigenvalue weighted by Gasteiger charge is 2.25.